The van der Waals surface area contributed by atoms with Gasteiger partial charge in [0.15, 0.2) is 0 Å². The summed E-state index contributed by atoms with van der Waals surface area (Å²) < 4.78 is 0.989. The van der Waals surface area contributed by atoms with Gasteiger partial charge in [-0.15, -0.1) is 0 Å². The van der Waals surface area contributed by atoms with Gasteiger partial charge in [0.25, 0.3) is 0 Å². The predicted octanol–water partition coefficient (Wildman–Crippen LogP) is 4.36. The molecule has 2 aromatic carbocycles. The highest BCUT2D eigenvalue weighted by molar-refractivity contribution is 9.10. The van der Waals surface area contributed by atoms with Crippen molar-refractivity contribution in [1.82, 2.24) is 0 Å². The van der Waals surface area contributed by atoms with Crippen molar-refractivity contribution < 1.29 is 5.11 Å². The van der Waals surface area contributed by atoms with Gasteiger partial charge in [0, 0.05) is 9.50 Å². The zero-order valence-electron chi connectivity index (χ0n) is 9.32. The minimum Gasteiger partial charge on any atom is -0.381 e. The van der Waals surface area contributed by atoms with Crippen LogP contribution in [0.3, 0.4) is 0 Å². The van der Waals surface area contributed by atoms with Crippen molar-refractivity contribution in [2.24, 2.45) is 0 Å². The SMILES string of the molecule is CC(O)(c1ccc(Br)cc1)c1cccc(Cl)c1. The van der Waals surface area contributed by atoms with Crippen LogP contribution in [0.4, 0.5) is 0 Å². The quantitative estimate of drug-likeness (QED) is 0.874. The molecule has 0 saturated carbocycles. The first-order valence-corrected chi connectivity index (χ1v) is 6.42. The van der Waals surface area contributed by atoms with E-state index in [2.05, 4.69) is 15.9 Å². The van der Waals surface area contributed by atoms with Crippen LogP contribution in [0.15, 0.2) is 53.0 Å². The normalized spacial score (nSPS) is 14.4. The molecule has 0 saturated heterocycles. The molecule has 1 unspecified atom stereocenters. The van der Waals surface area contributed by atoms with Gasteiger partial charge >= 0.3 is 0 Å². The highest BCUT2D eigenvalue weighted by atomic mass is 79.9. The zero-order chi connectivity index (χ0) is 12.5. The molecule has 0 bridgehead atoms. The van der Waals surface area contributed by atoms with Crippen molar-refractivity contribution in [3.63, 3.8) is 0 Å². The second-order valence-electron chi connectivity index (χ2n) is 4.09. The van der Waals surface area contributed by atoms with Crippen molar-refractivity contribution in [1.29, 1.82) is 0 Å². The molecule has 1 atom stereocenters. The molecule has 0 heterocycles. The average Bonchev–Trinajstić information content (AvgIpc) is 2.29. The van der Waals surface area contributed by atoms with Crippen LogP contribution >= 0.6 is 27.5 Å². The lowest BCUT2D eigenvalue weighted by molar-refractivity contribution is 0.102. The largest absolute Gasteiger partial charge is 0.381 e. The first-order chi connectivity index (χ1) is 8.00. The van der Waals surface area contributed by atoms with Crippen LogP contribution in [0.2, 0.25) is 5.02 Å². The van der Waals surface area contributed by atoms with Crippen LogP contribution in [-0.2, 0) is 5.60 Å². The Morgan fingerprint density at radius 1 is 1.06 bits per heavy atom. The van der Waals surface area contributed by atoms with Gasteiger partial charge in [-0.1, -0.05) is 51.8 Å². The lowest BCUT2D eigenvalue weighted by Gasteiger charge is -2.24. The fourth-order valence-corrected chi connectivity index (χ4v) is 2.19. The van der Waals surface area contributed by atoms with E-state index < -0.39 is 5.60 Å². The number of rotatable bonds is 2. The minimum absolute atomic E-state index is 0.625. The van der Waals surface area contributed by atoms with E-state index in [1.807, 2.05) is 36.4 Å². The Morgan fingerprint density at radius 3 is 2.29 bits per heavy atom. The highest BCUT2D eigenvalue weighted by Gasteiger charge is 2.25. The smallest absolute Gasteiger partial charge is 0.112 e. The first-order valence-electron chi connectivity index (χ1n) is 5.24. The van der Waals surface area contributed by atoms with Crippen molar-refractivity contribution in [2.75, 3.05) is 0 Å². The Labute approximate surface area is 114 Å². The van der Waals surface area contributed by atoms with Gasteiger partial charge in [-0.05, 0) is 42.3 Å². The van der Waals surface area contributed by atoms with E-state index in [1.165, 1.54) is 0 Å². The molecule has 0 aliphatic rings. The summed E-state index contributed by atoms with van der Waals surface area (Å²) in [5.41, 5.74) is 0.585. The summed E-state index contributed by atoms with van der Waals surface area (Å²) in [6.07, 6.45) is 0. The van der Waals surface area contributed by atoms with Gasteiger partial charge in [0.05, 0.1) is 0 Å². The third-order valence-electron chi connectivity index (χ3n) is 2.79. The van der Waals surface area contributed by atoms with Crippen LogP contribution in [-0.4, -0.2) is 5.11 Å². The van der Waals surface area contributed by atoms with E-state index in [4.69, 9.17) is 11.6 Å². The maximum atomic E-state index is 10.6. The van der Waals surface area contributed by atoms with Crippen LogP contribution in [0, 0.1) is 0 Å². The lowest BCUT2D eigenvalue weighted by Crippen LogP contribution is -2.22. The van der Waals surface area contributed by atoms with E-state index >= 15 is 0 Å². The van der Waals surface area contributed by atoms with Crippen LogP contribution in [0.1, 0.15) is 18.1 Å². The Morgan fingerprint density at radius 2 is 1.71 bits per heavy atom. The maximum Gasteiger partial charge on any atom is 0.112 e. The lowest BCUT2D eigenvalue weighted by atomic mass is 9.88. The molecule has 1 N–H and O–H groups in total. The van der Waals surface area contributed by atoms with Crippen molar-refractivity contribution >= 4 is 27.5 Å². The van der Waals surface area contributed by atoms with Gasteiger partial charge in [-0.3, -0.25) is 0 Å². The molecular weight excluding hydrogens is 300 g/mol. The van der Waals surface area contributed by atoms with Crippen molar-refractivity contribution in [2.45, 2.75) is 12.5 Å². The first kappa shape index (κ1) is 12.6. The van der Waals surface area contributed by atoms with E-state index in [0.29, 0.717) is 5.02 Å². The Hall–Kier alpha value is -0.830. The van der Waals surface area contributed by atoms with Gasteiger partial charge in [0.1, 0.15) is 5.60 Å². The molecule has 88 valence electrons. The average molecular weight is 312 g/mol. The van der Waals surface area contributed by atoms with Gasteiger partial charge in [-0.25, -0.2) is 0 Å². The van der Waals surface area contributed by atoms with E-state index in [9.17, 15) is 5.11 Å². The molecular formula is C14H12BrClO. The second kappa shape index (κ2) is 4.81. The number of benzene rings is 2. The van der Waals surface area contributed by atoms with Crippen LogP contribution in [0.5, 0.6) is 0 Å². The third-order valence-corrected chi connectivity index (χ3v) is 3.56. The van der Waals surface area contributed by atoms with E-state index in [-0.39, 0.29) is 0 Å². The number of hydrogen-bond acceptors (Lipinski definition) is 1. The summed E-state index contributed by atoms with van der Waals surface area (Å²) >= 11 is 9.32. The number of aliphatic hydroxyl groups is 1. The molecule has 17 heavy (non-hydrogen) atoms. The molecule has 0 aliphatic carbocycles. The third kappa shape index (κ3) is 2.71. The summed E-state index contributed by atoms with van der Waals surface area (Å²) in [6.45, 7) is 1.77. The van der Waals surface area contributed by atoms with E-state index in [1.54, 1.807) is 19.1 Å². The maximum absolute atomic E-state index is 10.6. The molecule has 0 aliphatic heterocycles. The molecule has 0 fully saturated rings. The van der Waals surface area contributed by atoms with Crippen molar-refractivity contribution in [3.8, 4) is 0 Å². The van der Waals surface area contributed by atoms with Gasteiger partial charge in [0.2, 0.25) is 0 Å². The van der Waals surface area contributed by atoms with E-state index in [0.717, 1.165) is 15.6 Å². The molecule has 1 nitrogen and oxygen atoms in total. The fraction of sp³-hybridized carbons (Fsp3) is 0.143. The van der Waals surface area contributed by atoms with Crippen molar-refractivity contribution in [3.05, 3.63) is 69.2 Å². The summed E-state index contributed by atoms with van der Waals surface area (Å²) in [7, 11) is 0. The molecule has 0 radical (unpaired) electrons. The molecule has 0 aromatic heterocycles. The molecule has 2 rings (SSSR count). The summed E-state index contributed by atoms with van der Waals surface area (Å²) in [5, 5.41) is 11.2. The van der Waals surface area contributed by atoms with Gasteiger partial charge in [-0.2, -0.15) is 0 Å². The fourth-order valence-electron chi connectivity index (χ4n) is 1.73. The summed E-state index contributed by atoms with van der Waals surface area (Å²) in [5.74, 6) is 0. The molecule has 3 heteroatoms. The molecule has 2 aromatic rings. The summed E-state index contributed by atoms with van der Waals surface area (Å²) in [6, 6.07) is 14.9. The molecule has 0 amide bonds. The Kier molecular flexibility index (Phi) is 3.57. The van der Waals surface area contributed by atoms with Gasteiger partial charge < -0.3 is 5.11 Å². The highest BCUT2D eigenvalue weighted by Crippen LogP contribution is 2.31. The Bertz CT molecular complexity index is 520. The second-order valence-corrected chi connectivity index (χ2v) is 5.44. The number of halogens is 2. The topological polar surface area (TPSA) is 20.2 Å². The summed E-state index contributed by atoms with van der Waals surface area (Å²) in [4.78, 5) is 0. The standard InChI is InChI=1S/C14H12BrClO/c1-14(17,10-5-7-12(15)8-6-10)11-3-2-4-13(16)9-11/h2-9,17H,1H3. The zero-order valence-corrected chi connectivity index (χ0v) is 11.7. The Balaban J connectivity index is 2.45. The predicted molar refractivity (Wildman–Crippen MR) is 74.3 cm³/mol. The van der Waals surface area contributed by atoms with Crippen LogP contribution < -0.4 is 0 Å². The monoisotopic (exact) mass is 310 g/mol. The minimum atomic E-state index is -1.04. The molecule has 0 spiro atoms. The number of hydrogen-bond donors (Lipinski definition) is 1. The van der Waals surface area contributed by atoms with Crippen LogP contribution in [0.25, 0.3) is 0 Å².